The average Bonchev–Trinajstić information content (AvgIpc) is 3.13. The topological polar surface area (TPSA) is 61.2 Å². The molecule has 2 aromatic heterocycles. The molecule has 1 aromatic carbocycles. The number of thiocarbonyl (C=S) groups is 1. The lowest BCUT2D eigenvalue weighted by atomic mass is 10.2. The summed E-state index contributed by atoms with van der Waals surface area (Å²) in [5, 5.41) is 0. The van der Waals surface area contributed by atoms with Gasteiger partial charge in [0.25, 0.3) is 11.5 Å². The van der Waals surface area contributed by atoms with Gasteiger partial charge < -0.3 is 9.80 Å². The smallest absolute Gasteiger partial charge is 0.267 e. The zero-order valence-corrected chi connectivity index (χ0v) is 21.0. The van der Waals surface area contributed by atoms with E-state index in [1.165, 1.54) is 33.2 Å². The van der Waals surface area contributed by atoms with Crippen LogP contribution in [0.25, 0.3) is 11.7 Å². The summed E-state index contributed by atoms with van der Waals surface area (Å²) >= 11 is 6.56. The van der Waals surface area contributed by atoms with E-state index in [-0.39, 0.29) is 17.3 Å². The molecule has 4 heterocycles. The van der Waals surface area contributed by atoms with Gasteiger partial charge in [-0.1, -0.05) is 30.0 Å². The minimum Gasteiger partial charge on any atom is -0.368 e. The third-order valence-corrected chi connectivity index (χ3v) is 7.60. The van der Waals surface area contributed by atoms with Crippen molar-refractivity contribution >= 4 is 57.4 Å². The fourth-order valence-electron chi connectivity index (χ4n) is 4.35. The van der Waals surface area contributed by atoms with E-state index < -0.39 is 0 Å². The molecular formula is C25H24FN5O2S2. The SMILES string of the molecule is CCN1C(=O)/C(=C/c2c(N3CCN(c4ccc(F)cc4)CC3)nc3ccc(C)cn3c2=O)SC1=S. The van der Waals surface area contributed by atoms with Gasteiger partial charge in [0.2, 0.25) is 0 Å². The van der Waals surface area contributed by atoms with Crippen LogP contribution in [0.2, 0.25) is 0 Å². The Morgan fingerprint density at radius 2 is 1.74 bits per heavy atom. The Morgan fingerprint density at radius 3 is 2.40 bits per heavy atom. The first-order valence-corrected chi connectivity index (χ1v) is 12.6. The van der Waals surface area contributed by atoms with E-state index in [0.717, 1.165) is 11.3 Å². The number of hydrogen-bond donors (Lipinski definition) is 0. The van der Waals surface area contributed by atoms with Crippen LogP contribution in [0.1, 0.15) is 18.1 Å². The van der Waals surface area contributed by atoms with Crippen molar-refractivity contribution in [2.24, 2.45) is 0 Å². The molecule has 0 N–H and O–H groups in total. The van der Waals surface area contributed by atoms with Crippen molar-refractivity contribution in [2.75, 3.05) is 42.5 Å². The Balaban J connectivity index is 1.54. The summed E-state index contributed by atoms with van der Waals surface area (Å²) in [6.45, 7) is 6.91. The van der Waals surface area contributed by atoms with Crippen LogP contribution in [0.15, 0.2) is 52.3 Å². The first kappa shape index (κ1) is 23.5. The second-order valence-corrected chi connectivity index (χ2v) is 10.1. The number of carbonyl (C=O) groups is 1. The normalized spacial score (nSPS) is 17.8. The predicted octanol–water partition coefficient (Wildman–Crippen LogP) is 3.69. The van der Waals surface area contributed by atoms with E-state index in [9.17, 15) is 14.0 Å². The van der Waals surface area contributed by atoms with Gasteiger partial charge in [-0.2, -0.15) is 0 Å². The first-order valence-electron chi connectivity index (χ1n) is 11.4. The molecule has 2 aliphatic rings. The number of benzene rings is 1. The van der Waals surface area contributed by atoms with Gasteiger partial charge in [0, 0.05) is 44.6 Å². The highest BCUT2D eigenvalue weighted by Gasteiger charge is 2.32. The quantitative estimate of drug-likeness (QED) is 0.393. The van der Waals surface area contributed by atoms with Crippen LogP contribution >= 0.6 is 24.0 Å². The maximum Gasteiger partial charge on any atom is 0.267 e. The van der Waals surface area contributed by atoms with Crippen LogP contribution in [0.4, 0.5) is 15.9 Å². The minimum atomic E-state index is -0.262. The number of piperazine rings is 1. The number of halogens is 1. The van der Waals surface area contributed by atoms with Crippen molar-refractivity contribution in [1.82, 2.24) is 14.3 Å². The summed E-state index contributed by atoms with van der Waals surface area (Å²) < 4.78 is 15.3. The van der Waals surface area contributed by atoms with Crippen molar-refractivity contribution in [2.45, 2.75) is 13.8 Å². The first-order chi connectivity index (χ1) is 16.9. The van der Waals surface area contributed by atoms with E-state index in [1.807, 2.05) is 26.0 Å². The van der Waals surface area contributed by atoms with Gasteiger partial charge in [-0.15, -0.1) is 0 Å². The van der Waals surface area contributed by atoms with Crippen LogP contribution in [0.5, 0.6) is 0 Å². The Kier molecular flexibility index (Phi) is 6.33. The molecule has 2 saturated heterocycles. The number of rotatable bonds is 4. The highest BCUT2D eigenvalue weighted by atomic mass is 32.2. The number of pyridine rings is 1. The maximum absolute atomic E-state index is 13.6. The molecule has 2 aliphatic heterocycles. The number of amides is 1. The zero-order chi connectivity index (χ0) is 24.7. The number of thioether (sulfide) groups is 1. The summed E-state index contributed by atoms with van der Waals surface area (Å²) in [6.07, 6.45) is 3.40. The third kappa shape index (κ3) is 4.43. The summed E-state index contributed by atoms with van der Waals surface area (Å²) in [5.41, 5.74) is 2.59. The standard InChI is InChI=1S/C25H24FN5O2S2/c1-3-30-24(33)20(35-25(30)34)14-19-22(27-21-9-4-16(2)15-31(21)23(19)32)29-12-10-28(11-13-29)18-7-5-17(26)6-8-18/h4-9,14-15H,3,10-13H2,1-2H3/b20-14-. The van der Waals surface area contributed by atoms with Crippen LogP contribution in [-0.2, 0) is 4.79 Å². The molecule has 0 radical (unpaired) electrons. The fourth-order valence-corrected chi connectivity index (χ4v) is 5.71. The second-order valence-electron chi connectivity index (χ2n) is 8.47. The summed E-state index contributed by atoms with van der Waals surface area (Å²) in [7, 11) is 0. The number of hydrogen-bond acceptors (Lipinski definition) is 7. The van der Waals surface area contributed by atoms with Gasteiger partial charge in [-0.3, -0.25) is 18.9 Å². The van der Waals surface area contributed by atoms with Crippen molar-refractivity contribution < 1.29 is 9.18 Å². The van der Waals surface area contributed by atoms with Gasteiger partial charge >= 0.3 is 0 Å². The number of fused-ring (bicyclic) bond motifs is 1. The van der Waals surface area contributed by atoms with E-state index in [1.54, 1.807) is 24.4 Å². The molecule has 35 heavy (non-hydrogen) atoms. The monoisotopic (exact) mass is 509 g/mol. The lowest BCUT2D eigenvalue weighted by Crippen LogP contribution is -2.47. The highest BCUT2D eigenvalue weighted by molar-refractivity contribution is 8.26. The van der Waals surface area contributed by atoms with Crippen molar-refractivity contribution in [3.05, 3.63) is 74.8 Å². The number of likely N-dealkylation sites (N-methyl/N-ethyl adjacent to an activating group) is 1. The molecule has 0 atom stereocenters. The predicted molar refractivity (Wildman–Crippen MR) is 143 cm³/mol. The van der Waals surface area contributed by atoms with Crippen LogP contribution in [-0.4, -0.2) is 57.2 Å². The number of carbonyl (C=O) groups excluding carboxylic acids is 1. The second kappa shape index (κ2) is 9.43. The summed E-state index contributed by atoms with van der Waals surface area (Å²) in [4.78, 5) is 37.6. The molecule has 7 nitrogen and oxygen atoms in total. The molecule has 0 saturated carbocycles. The van der Waals surface area contributed by atoms with Crippen LogP contribution in [0, 0.1) is 12.7 Å². The van der Waals surface area contributed by atoms with Gasteiger partial charge in [0.15, 0.2) is 0 Å². The van der Waals surface area contributed by atoms with E-state index >= 15 is 0 Å². The summed E-state index contributed by atoms with van der Waals surface area (Å²) in [6, 6.07) is 10.2. The van der Waals surface area contributed by atoms with E-state index in [2.05, 4.69) is 9.80 Å². The Labute approximate surface area is 211 Å². The number of aromatic nitrogens is 2. The molecule has 0 spiro atoms. The van der Waals surface area contributed by atoms with Crippen molar-refractivity contribution in [3.8, 4) is 0 Å². The maximum atomic E-state index is 13.6. The Bertz CT molecular complexity index is 1410. The summed E-state index contributed by atoms with van der Waals surface area (Å²) in [5.74, 6) is 0.101. The highest BCUT2D eigenvalue weighted by Crippen LogP contribution is 2.33. The Morgan fingerprint density at radius 1 is 1.06 bits per heavy atom. The molecule has 0 bridgehead atoms. The number of aryl methyl sites for hydroxylation is 1. The van der Waals surface area contributed by atoms with Crippen LogP contribution < -0.4 is 15.4 Å². The van der Waals surface area contributed by atoms with E-state index in [0.29, 0.717) is 59.0 Å². The van der Waals surface area contributed by atoms with E-state index in [4.69, 9.17) is 17.2 Å². The third-order valence-electron chi connectivity index (χ3n) is 6.22. The van der Waals surface area contributed by atoms with Crippen molar-refractivity contribution in [1.29, 1.82) is 0 Å². The van der Waals surface area contributed by atoms with Gasteiger partial charge in [0.05, 0.1) is 10.5 Å². The van der Waals surface area contributed by atoms with Crippen LogP contribution in [0.3, 0.4) is 0 Å². The molecule has 0 unspecified atom stereocenters. The lowest BCUT2D eigenvalue weighted by molar-refractivity contribution is -0.121. The lowest BCUT2D eigenvalue weighted by Gasteiger charge is -2.37. The molecule has 2 fully saturated rings. The zero-order valence-electron chi connectivity index (χ0n) is 19.4. The number of nitrogens with zero attached hydrogens (tertiary/aromatic N) is 5. The molecule has 5 rings (SSSR count). The fraction of sp³-hybridized carbons (Fsp3) is 0.280. The molecule has 10 heteroatoms. The molecule has 3 aromatic rings. The molecular weight excluding hydrogens is 485 g/mol. The number of anilines is 2. The molecule has 1 amide bonds. The molecule has 0 aliphatic carbocycles. The van der Waals surface area contributed by atoms with Gasteiger partial charge in [0.1, 0.15) is 21.6 Å². The largest absolute Gasteiger partial charge is 0.368 e. The van der Waals surface area contributed by atoms with Crippen molar-refractivity contribution in [3.63, 3.8) is 0 Å². The van der Waals surface area contributed by atoms with Gasteiger partial charge in [-0.25, -0.2) is 9.37 Å². The molecule has 180 valence electrons. The Hall–Kier alpha value is -3.24. The van der Waals surface area contributed by atoms with Gasteiger partial charge in [-0.05, 0) is 55.8 Å². The minimum absolute atomic E-state index is 0.191. The average molecular weight is 510 g/mol.